The first-order chi connectivity index (χ1) is 6.09. The summed E-state index contributed by atoms with van der Waals surface area (Å²) in [5, 5.41) is 0. The summed E-state index contributed by atoms with van der Waals surface area (Å²) in [5.74, 6) is 3.98. The van der Waals surface area contributed by atoms with Crippen LogP contribution in [0.25, 0.3) is 0 Å². The highest BCUT2D eigenvalue weighted by Gasteiger charge is 1.99. The Morgan fingerprint density at radius 3 is 2.69 bits per heavy atom. The first kappa shape index (κ1) is 9.69. The summed E-state index contributed by atoms with van der Waals surface area (Å²) in [6.07, 6.45) is 0. The second-order valence-corrected chi connectivity index (χ2v) is 2.68. The molecule has 0 amide bonds. The van der Waals surface area contributed by atoms with E-state index >= 15 is 0 Å². The van der Waals surface area contributed by atoms with Crippen LogP contribution in [0.15, 0.2) is 18.2 Å². The minimum atomic E-state index is -0.533. The molecule has 13 heavy (non-hydrogen) atoms. The third-order valence-corrected chi connectivity index (χ3v) is 1.36. The van der Waals surface area contributed by atoms with E-state index in [0.717, 1.165) is 18.2 Å². The van der Waals surface area contributed by atoms with Gasteiger partial charge in [-0.2, -0.15) is 0 Å². The summed E-state index contributed by atoms with van der Waals surface area (Å²) < 4.78 is 25.5. The monoisotopic (exact) mass is 181 g/mol. The summed E-state index contributed by atoms with van der Waals surface area (Å²) in [5.41, 5.74) is 5.38. The lowest BCUT2D eigenvalue weighted by atomic mass is 10.2. The highest BCUT2D eigenvalue weighted by molar-refractivity contribution is 5.36. The molecule has 1 aromatic carbocycles. The van der Waals surface area contributed by atoms with E-state index in [4.69, 9.17) is 5.73 Å². The van der Waals surface area contributed by atoms with Crippen molar-refractivity contribution in [3.63, 3.8) is 0 Å². The van der Waals surface area contributed by atoms with Gasteiger partial charge >= 0.3 is 0 Å². The quantitative estimate of drug-likeness (QED) is 0.605. The second-order valence-electron chi connectivity index (χ2n) is 2.68. The summed E-state index contributed by atoms with van der Waals surface area (Å²) in [6, 6.07) is 2.79. The van der Waals surface area contributed by atoms with Gasteiger partial charge in [0, 0.05) is 0 Å². The van der Waals surface area contributed by atoms with Crippen LogP contribution < -0.4 is 5.73 Å². The molecular formula is C10H9F2N. The highest BCUT2D eigenvalue weighted by Crippen LogP contribution is 2.07. The molecule has 0 saturated carbocycles. The van der Waals surface area contributed by atoms with E-state index in [1.54, 1.807) is 6.92 Å². The topological polar surface area (TPSA) is 26.0 Å². The zero-order valence-corrected chi connectivity index (χ0v) is 7.14. The predicted octanol–water partition coefficient (Wildman–Crippen LogP) is 1.66. The predicted molar refractivity (Wildman–Crippen MR) is 46.9 cm³/mol. The van der Waals surface area contributed by atoms with Crippen LogP contribution in [0.2, 0.25) is 0 Å². The summed E-state index contributed by atoms with van der Waals surface area (Å²) in [7, 11) is 0. The number of nitrogens with two attached hydrogens (primary N) is 1. The van der Waals surface area contributed by atoms with Crippen molar-refractivity contribution in [3.8, 4) is 11.8 Å². The highest BCUT2D eigenvalue weighted by atomic mass is 19.1. The normalized spacial score (nSPS) is 11.7. The Bertz CT molecular complexity index is 361. The molecule has 0 spiro atoms. The molecule has 0 radical (unpaired) electrons. The Kier molecular flexibility index (Phi) is 2.99. The summed E-state index contributed by atoms with van der Waals surface area (Å²) >= 11 is 0. The Balaban J connectivity index is 3.02. The van der Waals surface area contributed by atoms with Gasteiger partial charge < -0.3 is 5.73 Å². The molecule has 68 valence electrons. The largest absolute Gasteiger partial charge is 0.318 e. The minimum Gasteiger partial charge on any atom is -0.318 e. The van der Waals surface area contributed by atoms with Gasteiger partial charge in [-0.25, -0.2) is 8.78 Å². The molecular weight excluding hydrogens is 172 g/mol. The number of benzene rings is 1. The zero-order chi connectivity index (χ0) is 9.84. The van der Waals surface area contributed by atoms with Crippen molar-refractivity contribution >= 4 is 0 Å². The average molecular weight is 181 g/mol. The Morgan fingerprint density at radius 1 is 1.38 bits per heavy atom. The van der Waals surface area contributed by atoms with Crippen LogP contribution in [0, 0.1) is 23.5 Å². The molecule has 1 aromatic rings. The smallest absolute Gasteiger partial charge is 0.139 e. The maximum Gasteiger partial charge on any atom is 0.139 e. The van der Waals surface area contributed by atoms with Gasteiger partial charge in [0.2, 0.25) is 0 Å². The molecule has 0 aromatic heterocycles. The Labute approximate surface area is 75.6 Å². The summed E-state index contributed by atoms with van der Waals surface area (Å²) in [4.78, 5) is 0. The molecule has 1 unspecified atom stereocenters. The van der Waals surface area contributed by atoms with E-state index in [-0.39, 0.29) is 11.6 Å². The molecule has 1 atom stereocenters. The number of rotatable bonds is 0. The van der Waals surface area contributed by atoms with Crippen molar-refractivity contribution in [1.29, 1.82) is 0 Å². The van der Waals surface area contributed by atoms with Crippen LogP contribution in [0.3, 0.4) is 0 Å². The lowest BCUT2D eigenvalue weighted by molar-refractivity contribution is 0.597. The lowest BCUT2D eigenvalue weighted by Crippen LogP contribution is -2.11. The molecule has 0 saturated heterocycles. The van der Waals surface area contributed by atoms with Gasteiger partial charge in [-0.05, 0) is 25.1 Å². The second kappa shape index (κ2) is 4.01. The van der Waals surface area contributed by atoms with Gasteiger partial charge in [0.05, 0.1) is 11.6 Å². The van der Waals surface area contributed by atoms with Gasteiger partial charge in [-0.3, -0.25) is 0 Å². The van der Waals surface area contributed by atoms with E-state index in [9.17, 15) is 8.78 Å². The average Bonchev–Trinajstić information content (AvgIpc) is 2.06. The van der Waals surface area contributed by atoms with Crippen LogP contribution >= 0.6 is 0 Å². The fourth-order valence-electron chi connectivity index (χ4n) is 0.785. The van der Waals surface area contributed by atoms with E-state index < -0.39 is 11.6 Å². The molecule has 0 bridgehead atoms. The number of hydrogen-bond acceptors (Lipinski definition) is 1. The first-order valence-corrected chi connectivity index (χ1v) is 3.82. The molecule has 0 heterocycles. The fraction of sp³-hybridized carbons (Fsp3) is 0.200. The van der Waals surface area contributed by atoms with Crippen molar-refractivity contribution in [1.82, 2.24) is 0 Å². The van der Waals surface area contributed by atoms with E-state index in [2.05, 4.69) is 11.8 Å². The maximum absolute atomic E-state index is 12.9. The van der Waals surface area contributed by atoms with E-state index in [1.807, 2.05) is 0 Å². The molecule has 0 aliphatic heterocycles. The molecule has 1 rings (SSSR count). The lowest BCUT2D eigenvalue weighted by Gasteiger charge is -1.94. The van der Waals surface area contributed by atoms with Crippen LogP contribution in [0.4, 0.5) is 8.78 Å². The van der Waals surface area contributed by atoms with Gasteiger partial charge in [0.25, 0.3) is 0 Å². The van der Waals surface area contributed by atoms with Gasteiger partial charge in [0.15, 0.2) is 0 Å². The minimum absolute atomic E-state index is 0.0392. The third kappa shape index (κ3) is 2.85. The molecule has 0 aliphatic rings. The van der Waals surface area contributed by atoms with Gasteiger partial charge in [-0.15, -0.1) is 0 Å². The van der Waals surface area contributed by atoms with Crippen molar-refractivity contribution < 1.29 is 8.78 Å². The van der Waals surface area contributed by atoms with Crippen molar-refractivity contribution in [2.45, 2.75) is 13.0 Å². The third-order valence-electron chi connectivity index (χ3n) is 1.36. The molecule has 0 fully saturated rings. The Morgan fingerprint density at radius 2 is 2.08 bits per heavy atom. The van der Waals surface area contributed by atoms with Crippen molar-refractivity contribution in [2.75, 3.05) is 0 Å². The standard InChI is InChI=1S/C10H9F2N/c1-7(13)2-3-8-6-9(11)4-5-10(8)12/h4-7H,13H2,1H3. The number of hydrogen-bond donors (Lipinski definition) is 1. The van der Waals surface area contributed by atoms with Crippen LogP contribution in [0.5, 0.6) is 0 Å². The van der Waals surface area contributed by atoms with Crippen molar-refractivity contribution in [2.24, 2.45) is 5.73 Å². The van der Waals surface area contributed by atoms with Crippen LogP contribution in [0.1, 0.15) is 12.5 Å². The zero-order valence-electron chi connectivity index (χ0n) is 7.14. The molecule has 2 N–H and O–H groups in total. The van der Waals surface area contributed by atoms with Gasteiger partial charge in [-0.1, -0.05) is 11.8 Å². The van der Waals surface area contributed by atoms with Gasteiger partial charge in [0.1, 0.15) is 11.6 Å². The van der Waals surface area contributed by atoms with Crippen LogP contribution in [-0.4, -0.2) is 6.04 Å². The van der Waals surface area contributed by atoms with E-state index in [0.29, 0.717) is 0 Å². The summed E-state index contributed by atoms with van der Waals surface area (Å²) in [6.45, 7) is 1.67. The molecule has 1 nitrogen and oxygen atoms in total. The Hall–Kier alpha value is -1.40. The molecule has 0 aliphatic carbocycles. The first-order valence-electron chi connectivity index (χ1n) is 3.82. The molecule has 3 heteroatoms. The SMILES string of the molecule is CC(N)C#Cc1cc(F)ccc1F. The van der Waals surface area contributed by atoms with E-state index in [1.165, 1.54) is 0 Å². The maximum atomic E-state index is 12.9. The van der Waals surface area contributed by atoms with Crippen LogP contribution in [-0.2, 0) is 0 Å². The fourth-order valence-corrected chi connectivity index (χ4v) is 0.785. The number of halogens is 2. The van der Waals surface area contributed by atoms with Crippen molar-refractivity contribution in [3.05, 3.63) is 35.4 Å².